The molecule has 4 saturated heterocycles. The van der Waals surface area contributed by atoms with Gasteiger partial charge in [-0.3, -0.25) is 52.7 Å². The van der Waals surface area contributed by atoms with Crippen molar-refractivity contribution >= 4 is 71.0 Å². The van der Waals surface area contributed by atoms with E-state index in [9.17, 15) is 48.3 Å². The minimum atomic E-state index is -1.80. The molecule has 1 aromatic carbocycles. The van der Waals surface area contributed by atoms with Crippen LogP contribution in [-0.2, 0) is 73.4 Å². The van der Waals surface area contributed by atoms with E-state index >= 15 is 14.4 Å². The molecule has 4 heterocycles. The summed E-state index contributed by atoms with van der Waals surface area (Å²) in [5.74, 6) is -10.2. The van der Waals surface area contributed by atoms with Crippen molar-refractivity contribution in [1.82, 2.24) is 51.5 Å². The van der Waals surface area contributed by atoms with Gasteiger partial charge in [-0.05, 0) is 113 Å². The van der Waals surface area contributed by atoms with Gasteiger partial charge >= 0.3 is 11.9 Å². The lowest BCUT2D eigenvalue weighted by atomic mass is 9.92. The van der Waals surface area contributed by atoms with Gasteiger partial charge in [0.2, 0.25) is 53.2 Å². The van der Waals surface area contributed by atoms with Crippen LogP contribution in [0.2, 0.25) is 0 Å². The van der Waals surface area contributed by atoms with Crippen LogP contribution in [0.15, 0.2) is 36.5 Å². The third-order valence-corrected chi connectivity index (χ3v) is 17.8. The molecule has 0 aromatic heterocycles. The fourth-order valence-corrected chi connectivity index (χ4v) is 12.2. The molecular weight excluding hydrogens is 1190 g/mol. The maximum Gasteiger partial charge on any atom is 0.329 e. The van der Waals surface area contributed by atoms with Crippen LogP contribution in [0.3, 0.4) is 0 Å². The van der Waals surface area contributed by atoms with Gasteiger partial charge in [-0.15, -0.1) is 0 Å². The standard InChI is InChI=1S/C65H101N11O16/c1-15-37(8)53-50(77)33-52(79)92-55(36(6)7)60(84)70-45(30-34(2)3)62(86)76-29-17-19-47(76)64(88)74(13)49(32-41-21-23-42(90-14)24-22-41)65(89)91-40(11)54(59(83)71-53)72-58(82)48(31-35(4)5)73(12)63(87)46-18-16-28-75(46)61(85)39(10)68-56(80)44(26-27-51(66)78)69-57(81)43-25-20-38(9)67-43/h21-24,34-37,39-40,43-50,53-55,67,77H,9,15-20,25-33H2,1-8,10-14H3,(H2,66,78)(H,68,80)(H,69,81)(H,70,84)(H,71,83)(H,72,82)/t37-,39-,40-,43?,44+,45-,46-,47-,48+,49-,50-,53-,54+,55-/m0/s1. The van der Waals surface area contributed by atoms with Gasteiger partial charge in [0, 0.05) is 45.7 Å². The number of ether oxygens (including phenoxy) is 3. The van der Waals surface area contributed by atoms with Crippen molar-refractivity contribution in [2.45, 2.75) is 231 Å². The highest BCUT2D eigenvalue weighted by molar-refractivity contribution is 5.98. The fraction of sp³-hybridized carbons (Fsp3) is 0.692. The van der Waals surface area contributed by atoms with Gasteiger partial charge in [-0.1, -0.05) is 80.5 Å². The number of esters is 2. The zero-order valence-corrected chi connectivity index (χ0v) is 55.9. The number of methoxy groups -OCH3 is 1. The van der Waals surface area contributed by atoms with Crippen molar-refractivity contribution in [3.05, 3.63) is 42.1 Å². The Morgan fingerprint density at radius 1 is 0.848 bits per heavy atom. The molecule has 92 heavy (non-hydrogen) atoms. The summed E-state index contributed by atoms with van der Waals surface area (Å²) in [5, 5.41) is 28.5. The van der Waals surface area contributed by atoms with Crippen LogP contribution in [0.25, 0.3) is 0 Å². The van der Waals surface area contributed by atoms with Gasteiger partial charge in [0.15, 0.2) is 6.10 Å². The predicted octanol–water partition coefficient (Wildman–Crippen LogP) is 1.25. The Labute approximate surface area is 540 Å². The summed E-state index contributed by atoms with van der Waals surface area (Å²) >= 11 is 0. The Morgan fingerprint density at radius 2 is 1.51 bits per heavy atom. The average molecular weight is 1290 g/mol. The highest BCUT2D eigenvalue weighted by atomic mass is 16.6. The Kier molecular flexibility index (Phi) is 27.8. The lowest BCUT2D eigenvalue weighted by Gasteiger charge is -2.36. The number of rotatable bonds is 22. The lowest BCUT2D eigenvalue weighted by Crippen LogP contribution is -2.62. The number of fused-ring (bicyclic) bond motifs is 1. The number of likely N-dealkylation sites (N-methyl/N-ethyl adjacent to an activating group) is 2. The summed E-state index contributed by atoms with van der Waals surface area (Å²) in [6.07, 6.45) is -3.32. The third-order valence-electron chi connectivity index (χ3n) is 17.8. The van der Waals surface area contributed by atoms with E-state index in [1.807, 2.05) is 13.8 Å². The molecule has 4 aliphatic heterocycles. The monoisotopic (exact) mass is 1290 g/mol. The molecule has 9 N–H and O–H groups in total. The fourth-order valence-electron chi connectivity index (χ4n) is 12.2. The van der Waals surface area contributed by atoms with Gasteiger partial charge in [0.1, 0.15) is 66.2 Å². The van der Waals surface area contributed by atoms with Gasteiger partial charge in [0.05, 0.1) is 25.7 Å². The number of hydrogen-bond donors (Lipinski definition) is 8. The van der Waals surface area contributed by atoms with Crippen LogP contribution in [-0.4, -0.2) is 209 Å². The zero-order chi connectivity index (χ0) is 68.6. The second kappa shape index (κ2) is 34.2. The molecule has 4 fully saturated rings. The number of nitrogens with one attached hydrogen (secondary N) is 6. The maximum absolute atomic E-state index is 15.2. The van der Waals surface area contributed by atoms with Gasteiger partial charge < -0.3 is 76.6 Å². The van der Waals surface area contributed by atoms with Crippen molar-refractivity contribution < 1.29 is 76.9 Å². The first-order valence-electron chi connectivity index (χ1n) is 32.4. The molecule has 512 valence electrons. The summed E-state index contributed by atoms with van der Waals surface area (Å²) in [6, 6.07) is -5.62. The molecule has 0 bridgehead atoms. The minimum absolute atomic E-state index is 0.00800. The zero-order valence-electron chi connectivity index (χ0n) is 55.9. The summed E-state index contributed by atoms with van der Waals surface area (Å²) in [6.45, 7) is 21.0. The summed E-state index contributed by atoms with van der Waals surface area (Å²) < 4.78 is 17.4. The topological polar surface area (TPSA) is 364 Å². The average Bonchev–Trinajstić information content (AvgIpc) is 1.51. The van der Waals surface area contributed by atoms with Gasteiger partial charge in [-0.2, -0.15) is 0 Å². The first-order chi connectivity index (χ1) is 43.3. The molecule has 10 amide bonds. The van der Waals surface area contributed by atoms with Crippen molar-refractivity contribution in [3.63, 3.8) is 0 Å². The normalized spacial score (nSPS) is 26.1. The molecule has 0 saturated carbocycles. The number of nitrogens with zero attached hydrogens (tertiary/aromatic N) is 4. The number of hydrogen-bond acceptors (Lipinski definition) is 17. The Morgan fingerprint density at radius 3 is 2.10 bits per heavy atom. The summed E-state index contributed by atoms with van der Waals surface area (Å²) in [7, 11) is 4.27. The van der Waals surface area contributed by atoms with E-state index in [-0.39, 0.29) is 69.9 Å². The quantitative estimate of drug-likeness (QED) is 0.0758. The van der Waals surface area contributed by atoms with Crippen molar-refractivity contribution in [1.29, 1.82) is 0 Å². The number of carbonyl (C=O) groups is 12. The first-order valence-corrected chi connectivity index (χ1v) is 32.4. The van der Waals surface area contributed by atoms with Gasteiger partial charge in [-0.25, -0.2) is 4.79 Å². The molecule has 0 aliphatic carbocycles. The highest BCUT2D eigenvalue weighted by Crippen LogP contribution is 2.28. The van der Waals surface area contributed by atoms with Crippen LogP contribution >= 0.6 is 0 Å². The Hall–Kier alpha value is -7.84. The van der Waals surface area contributed by atoms with E-state index in [1.54, 1.807) is 65.8 Å². The molecule has 5 rings (SSSR count). The Balaban J connectivity index is 1.52. The second-order valence-electron chi connectivity index (χ2n) is 26.3. The first kappa shape index (κ1) is 74.9. The smallest absolute Gasteiger partial charge is 0.329 e. The molecular formula is C65H101N11O16. The van der Waals surface area contributed by atoms with E-state index in [2.05, 4.69) is 38.5 Å². The number of primary amides is 1. The van der Waals surface area contributed by atoms with Crippen LogP contribution < -0.4 is 42.4 Å². The van der Waals surface area contributed by atoms with Crippen LogP contribution in [0, 0.1) is 23.7 Å². The molecule has 0 radical (unpaired) electrons. The molecule has 1 unspecified atom stereocenters. The van der Waals surface area contributed by atoms with E-state index in [0.717, 1.165) is 0 Å². The van der Waals surface area contributed by atoms with E-state index in [0.29, 0.717) is 49.1 Å². The number of likely N-dealkylation sites (tertiary alicyclic amines) is 1. The van der Waals surface area contributed by atoms with E-state index in [1.165, 1.54) is 54.7 Å². The summed E-state index contributed by atoms with van der Waals surface area (Å²) in [4.78, 5) is 176. The van der Waals surface area contributed by atoms with Crippen molar-refractivity contribution in [2.75, 3.05) is 34.3 Å². The third kappa shape index (κ3) is 20.1. The molecule has 0 spiro atoms. The Bertz CT molecular complexity index is 2830. The van der Waals surface area contributed by atoms with Gasteiger partial charge in [0.25, 0.3) is 5.91 Å². The second-order valence-corrected chi connectivity index (χ2v) is 26.3. The number of aliphatic hydroxyl groups is 1. The molecule has 14 atom stereocenters. The van der Waals surface area contributed by atoms with E-state index in [4.69, 9.17) is 19.9 Å². The maximum atomic E-state index is 15.2. The van der Waals surface area contributed by atoms with Crippen molar-refractivity contribution in [2.24, 2.45) is 29.4 Å². The number of amides is 10. The highest BCUT2D eigenvalue weighted by Gasteiger charge is 2.46. The number of benzene rings is 1. The number of allylic oxidation sites excluding steroid dienone is 1. The van der Waals surface area contributed by atoms with Crippen LogP contribution in [0.5, 0.6) is 5.75 Å². The summed E-state index contributed by atoms with van der Waals surface area (Å²) in [5.41, 5.74) is 6.62. The molecule has 27 heteroatoms. The minimum Gasteiger partial charge on any atom is -0.497 e. The molecule has 4 aliphatic rings. The number of aliphatic hydroxyl groups excluding tert-OH is 1. The number of cyclic esters (lactones) is 2. The SMILES string of the molecule is C=C1CCC(C(=O)N[C@H](CCC(N)=O)C(=O)N[C@@H](C)C(=O)N2CCC[C@H]2C(=O)N(C)[C@H](CC(C)C)C(=O)N[C@H]2C(=O)N[C@@H]([C@@H](C)CC)[C@@H](O)CC(=O)O[C@@H](C(C)C)C(=O)N[C@@H](CC(C)C)C(=O)N3CCC[C@H]3C(=O)N(C)[C@@H](Cc3ccc(OC)cc3)C(=O)O[C@H]2C)N1. The lowest BCUT2D eigenvalue weighted by molar-refractivity contribution is -0.162. The van der Waals surface area contributed by atoms with E-state index < -0.39 is 168 Å². The predicted molar refractivity (Wildman–Crippen MR) is 338 cm³/mol. The molecule has 1 aromatic rings. The van der Waals surface area contributed by atoms with Crippen LogP contribution in [0.1, 0.15) is 152 Å². The van der Waals surface area contributed by atoms with Crippen molar-refractivity contribution in [3.8, 4) is 5.75 Å². The van der Waals surface area contributed by atoms with Crippen LogP contribution in [0.4, 0.5) is 0 Å². The largest absolute Gasteiger partial charge is 0.497 e. The molecule has 27 nitrogen and oxygen atoms in total. The number of nitrogens with two attached hydrogens (primary N) is 1. The number of carbonyl (C=O) groups excluding carboxylic acids is 12.